The van der Waals surface area contributed by atoms with Crippen LogP contribution in [0, 0.1) is 5.92 Å². The SMILES string of the molecule is CCCCC(CC)CS(=O)(=O)O.[H-].[Na+]. The second-order valence-electron chi connectivity index (χ2n) is 3.17. The molecule has 0 fully saturated rings. The van der Waals surface area contributed by atoms with E-state index in [2.05, 4.69) is 6.92 Å². The van der Waals surface area contributed by atoms with E-state index in [0.717, 1.165) is 25.7 Å². The average molecular weight is 218 g/mol. The van der Waals surface area contributed by atoms with E-state index >= 15 is 0 Å². The Morgan fingerprint density at radius 1 is 1.38 bits per heavy atom. The van der Waals surface area contributed by atoms with E-state index in [1.165, 1.54) is 0 Å². The molecule has 0 radical (unpaired) electrons. The third-order valence-corrected chi connectivity index (χ3v) is 2.88. The summed E-state index contributed by atoms with van der Waals surface area (Å²) in [4.78, 5) is 0. The molecule has 76 valence electrons. The van der Waals surface area contributed by atoms with Crippen molar-refractivity contribution in [1.82, 2.24) is 0 Å². The zero-order valence-electron chi connectivity index (χ0n) is 9.78. The van der Waals surface area contributed by atoms with Crippen LogP contribution >= 0.6 is 0 Å². The Balaban J connectivity index is -0.000000605. The second kappa shape index (κ2) is 8.24. The quantitative estimate of drug-likeness (QED) is 0.469. The van der Waals surface area contributed by atoms with Crippen molar-refractivity contribution in [2.45, 2.75) is 39.5 Å². The Hall–Kier alpha value is 0.910. The summed E-state index contributed by atoms with van der Waals surface area (Å²) in [6.07, 6.45) is 3.82. The van der Waals surface area contributed by atoms with Crippen LogP contribution in [0.15, 0.2) is 0 Å². The van der Waals surface area contributed by atoms with E-state index < -0.39 is 10.1 Å². The van der Waals surface area contributed by atoms with E-state index in [4.69, 9.17) is 4.55 Å². The first-order valence-electron chi connectivity index (χ1n) is 4.44. The zero-order chi connectivity index (χ0) is 9.61. The standard InChI is InChI=1S/C8H18O3S.Na.H/c1-3-5-6-8(4-2)7-12(9,10)11;;/h8H,3-7H2,1-2H3,(H,9,10,11);;/q;+1;-1. The maximum absolute atomic E-state index is 10.5. The first-order valence-corrected chi connectivity index (χ1v) is 6.05. The molecule has 0 heterocycles. The minimum atomic E-state index is -3.77. The molecule has 5 heteroatoms. The van der Waals surface area contributed by atoms with Gasteiger partial charge in [0.05, 0.1) is 5.75 Å². The molecule has 0 aromatic rings. The largest absolute Gasteiger partial charge is 1.00 e. The molecule has 0 amide bonds. The maximum atomic E-state index is 10.5. The van der Waals surface area contributed by atoms with Crippen LogP contribution in [-0.4, -0.2) is 18.7 Å². The smallest absolute Gasteiger partial charge is 1.00 e. The monoisotopic (exact) mass is 218 g/mol. The van der Waals surface area contributed by atoms with Gasteiger partial charge in [0.15, 0.2) is 0 Å². The van der Waals surface area contributed by atoms with Gasteiger partial charge in [-0.25, -0.2) is 0 Å². The fraction of sp³-hybridized carbons (Fsp3) is 1.00. The van der Waals surface area contributed by atoms with Crippen molar-refractivity contribution in [2.75, 3.05) is 5.75 Å². The van der Waals surface area contributed by atoms with Gasteiger partial charge in [0.1, 0.15) is 0 Å². The Morgan fingerprint density at radius 2 is 1.92 bits per heavy atom. The average Bonchev–Trinajstić information content (AvgIpc) is 1.95. The first-order chi connectivity index (χ1) is 5.49. The molecule has 0 aliphatic heterocycles. The zero-order valence-corrected chi connectivity index (χ0v) is 11.6. The molecule has 13 heavy (non-hydrogen) atoms. The number of unbranched alkanes of at least 4 members (excludes halogenated alkanes) is 1. The Morgan fingerprint density at radius 3 is 2.23 bits per heavy atom. The van der Waals surface area contributed by atoms with Gasteiger partial charge < -0.3 is 1.43 Å². The second-order valence-corrected chi connectivity index (χ2v) is 4.66. The van der Waals surface area contributed by atoms with Gasteiger partial charge in [0.25, 0.3) is 10.1 Å². The molecule has 1 N–H and O–H groups in total. The summed E-state index contributed by atoms with van der Waals surface area (Å²) in [5.41, 5.74) is 0. The summed E-state index contributed by atoms with van der Waals surface area (Å²) in [5.74, 6) is 0.0451. The molecule has 1 unspecified atom stereocenters. The summed E-state index contributed by atoms with van der Waals surface area (Å²) in [6, 6.07) is 0. The van der Waals surface area contributed by atoms with Crippen molar-refractivity contribution in [2.24, 2.45) is 5.92 Å². The molecule has 0 saturated heterocycles. The predicted octanol–water partition coefficient (Wildman–Crippen LogP) is -0.793. The molecule has 0 aromatic carbocycles. The first kappa shape index (κ1) is 16.3. The van der Waals surface area contributed by atoms with Gasteiger partial charge in [-0.15, -0.1) is 0 Å². The van der Waals surface area contributed by atoms with Crippen LogP contribution < -0.4 is 29.6 Å². The van der Waals surface area contributed by atoms with Gasteiger partial charge in [-0.2, -0.15) is 8.42 Å². The molecule has 0 saturated carbocycles. The summed E-state index contributed by atoms with van der Waals surface area (Å²) in [7, 11) is -3.77. The van der Waals surface area contributed by atoms with Crippen LogP contribution in [0.25, 0.3) is 0 Å². The molecule has 0 aliphatic rings. The van der Waals surface area contributed by atoms with Gasteiger partial charge in [0, 0.05) is 0 Å². The summed E-state index contributed by atoms with van der Waals surface area (Å²) in [5, 5.41) is 0. The Labute approximate surface area is 105 Å². The molecule has 3 nitrogen and oxygen atoms in total. The molecule has 0 spiro atoms. The normalized spacial score (nSPS) is 13.5. The van der Waals surface area contributed by atoms with Crippen molar-refractivity contribution >= 4 is 10.1 Å². The van der Waals surface area contributed by atoms with Crippen LogP contribution in [0.5, 0.6) is 0 Å². The minimum absolute atomic E-state index is 0. The number of hydrogen-bond acceptors (Lipinski definition) is 2. The van der Waals surface area contributed by atoms with Crippen LogP contribution in [0.3, 0.4) is 0 Å². The summed E-state index contributed by atoms with van der Waals surface area (Å²) >= 11 is 0. The molecule has 0 aromatic heterocycles. The van der Waals surface area contributed by atoms with Gasteiger partial charge in [-0.3, -0.25) is 4.55 Å². The number of rotatable bonds is 6. The van der Waals surface area contributed by atoms with Crippen molar-refractivity contribution in [3.8, 4) is 0 Å². The van der Waals surface area contributed by atoms with E-state index in [1.807, 2.05) is 6.92 Å². The van der Waals surface area contributed by atoms with Crippen LogP contribution in [-0.2, 0) is 10.1 Å². The van der Waals surface area contributed by atoms with E-state index in [9.17, 15) is 8.42 Å². The Kier molecular flexibility index (Phi) is 10.4. The van der Waals surface area contributed by atoms with Crippen LogP contribution in [0.1, 0.15) is 41.0 Å². The minimum Gasteiger partial charge on any atom is -1.00 e. The molecular weight excluding hydrogens is 199 g/mol. The fourth-order valence-corrected chi connectivity index (χ4v) is 2.19. The van der Waals surface area contributed by atoms with Crippen molar-refractivity contribution in [1.29, 1.82) is 0 Å². The summed E-state index contributed by atoms with van der Waals surface area (Å²) < 4.78 is 29.6. The van der Waals surface area contributed by atoms with Crippen LogP contribution in [0.2, 0.25) is 0 Å². The third kappa shape index (κ3) is 10.8. The fourth-order valence-electron chi connectivity index (χ4n) is 1.20. The summed E-state index contributed by atoms with van der Waals surface area (Å²) in [6.45, 7) is 4.02. The van der Waals surface area contributed by atoms with Crippen molar-refractivity contribution in [3.05, 3.63) is 0 Å². The molecular formula is C8H19NaO3S. The predicted molar refractivity (Wildman–Crippen MR) is 50.8 cm³/mol. The van der Waals surface area contributed by atoms with E-state index in [-0.39, 0.29) is 42.7 Å². The van der Waals surface area contributed by atoms with Crippen molar-refractivity contribution < 1.29 is 44.0 Å². The van der Waals surface area contributed by atoms with Gasteiger partial charge >= 0.3 is 29.6 Å². The van der Waals surface area contributed by atoms with E-state index in [1.54, 1.807) is 0 Å². The molecule has 1 atom stereocenters. The van der Waals surface area contributed by atoms with Crippen LogP contribution in [0.4, 0.5) is 0 Å². The van der Waals surface area contributed by atoms with Gasteiger partial charge in [-0.05, 0) is 12.3 Å². The molecule has 0 aliphatic carbocycles. The Bertz CT molecular complexity index is 207. The van der Waals surface area contributed by atoms with Gasteiger partial charge in [-0.1, -0.05) is 33.1 Å². The third-order valence-electron chi connectivity index (χ3n) is 1.99. The van der Waals surface area contributed by atoms with Crippen molar-refractivity contribution in [3.63, 3.8) is 0 Å². The van der Waals surface area contributed by atoms with E-state index in [0.29, 0.717) is 0 Å². The molecule has 0 rings (SSSR count). The molecule has 0 bridgehead atoms. The number of hydrogen-bond donors (Lipinski definition) is 1. The van der Waals surface area contributed by atoms with Gasteiger partial charge in [0.2, 0.25) is 0 Å². The maximum Gasteiger partial charge on any atom is 1.00 e. The topological polar surface area (TPSA) is 54.4 Å².